The van der Waals surface area contributed by atoms with E-state index in [1.54, 1.807) is 32.0 Å². The molecule has 0 saturated carbocycles. The molecule has 138 valence electrons. The summed E-state index contributed by atoms with van der Waals surface area (Å²) in [4.78, 5) is 12.1. The zero-order chi connectivity index (χ0) is 19.1. The van der Waals surface area contributed by atoms with Gasteiger partial charge in [-0.15, -0.1) is 0 Å². The fourth-order valence-corrected chi connectivity index (χ4v) is 3.90. The molecule has 0 unspecified atom stereocenters. The number of ether oxygens (including phenoxy) is 2. The van der Waals surface area contributed by atoms with Crippen LogP contribution in [0.3, 0.4) is 0 Å². The van der Waals surface area contributed by atoms with Gasteiger partial charge in [-0.1, -0.05) is 0 Å². The molecule has 0 atom stereocenters. The molecular formula is C18H20N2O5S. The molecule has 0 fully saturated rings. The number of anilines is 2. The van der Waals surface area contributed by atoms with E-state index in [4.69, 9.17) is 9.47 Å². The summed E-state index contributed by atoms with van der Waals surface area (Å²) in [5.41, 5.74) is 1.09. The Bertz CT molecular complexity index is 983. The Morgan fingerprint density at radius 1 is 1.00 bits per heavy atom. The third kappa shape index (κ3) is 2.96. The van der Waals surface area contributed by atoms with Crippen molar-refractivity contribution in [2.75, 3.05) is 24.3 Å². The summed E-state index contributed by atoms with van der Waals surface area (Å²) in [6, 6.07) is 9.33. The molecule has 8 heteroatoms. The van der Waals surface area contributed by atoms with Crippen molar-refractivity contribution in [3.63, 3.8) is 0 Å². The topological polar surface area (TPSA) is 93.7 Å². The van der Waals surface area contributed by atoms with E-state index in [0.717, 1.165) is 5.56 Å². The van der Waals surface area contributed by atoms with Gasteiger partial charge in [-0.2, -0.15) is 0 Å². The summed E-state index contributed by atoms with van der Waals surface area (Å²) in [6.07, 6.45) is 0. The molecule has 7 nitrogen and oxygen atoms in total. The number of rotatable bonds is 5. The lowest BCUT2D eigenvalue weighted by molar-refractivity contribution is -0.119. The summed E-state index contributed by atoms with van der Waals surface area (Å²) in [6.45, 7) is 3.58. The second-order valence-electron chi connectivity index (χ2n) is 6.46. The first-order valence-corrected chi connectivity index (χ1v) is 9.38. The summed E-state index contributed by atoms with van der Waals surface area (Å²) >= 11 is 0. The van der Waals surface area contributed by atoms with Gasteiger partial charge in [-0.25, -0.2) is 8.42 Å². The standard InChI is InChI=1S/C18H20N2O5S/c1-18(2)13-9-11(5-7-14(13)19-17(18)21)20-26(22,23)12-6-8-15(24-3)16(10-12)25-4/h5-10,20H,1-4H3,(H,19,21). The quantitative estimate of drug-likeness (QED) is 0.837. The third-order valence-corrected chi connectivity index (χ3v) is 5.81. The molecule has 0 spiro atoms. The van der Waals surface area contributed by atoms with Crippen molar-refractivity contribution in [1.29, 1.82) is 0 Å². The van der Waals surface area contributed by atoms with Gasteiger partial charge >= 0.3 is 0 Å². The summed E-state index contributed by atoms with van der Waals surface area (Å²) in [5.74, 6) is 0.642. The highest BCUT2D eigenvalue weighted by Crippen LogP contribution is 2.39. The van der Waals surface area contributed by atoms with E-state index in [1.807, 2.05) is 0 Å². The molecule has 0 aromatic heterocycles. The lowest BCUT2D eigenvalue weighted by atomic mass is 9.86. The van der Waals surface area contributed by atoms with Gasteiger partial charge in [0.15, 0.2) is 11.5 Å². The minimum atomic E-state index is -3.83. The number of amides is 1. The van der Waals surface area contributed by atoms with Gasteiger partial charge in [0.05, 0.1) is 24.5 Å². The average Bonchev–Trinajstić information content (AvgIpc) is 2.83. The average molecular weight is 376 g/mol. The molecule has 26 heavy (non-hydrogen) atoms. The lowest BCUT2D eigenvalue weighted by Crippen LogP contribution is -2.26. The van der Waals surface area contributed by atoms with Crippen LogP contribution in [0.4, 0.5) is 11.4 Å². The van der Waals surface area contributed by atoms with Crippen LogP contribution in [0.15, 0.2) is 41.3 Å². The SMILES string of the molecule is COc1ccc(S(=O)(=O)Nc2ccc3c(c2)C(C)(C)C(=O)N3)cc1OC. The van der Waals surface area contributed by atoms with Crippen LogP contribution in [-0.2, 0) is 20.2 Å². The number of fused-ring (bicyclic) bond motifs is 1. The number of carbonyl (C=O) groups excluding carboxylic acids is 1. The number of methoxy groups -OCH3 is 2. The Labute approximate surface area is 152 Å². The van der Waals surface area contributed by atoms with Crippen LogP contribution < -0.4 is 19.5 Å². The number of hydrogen-bond donors (Lipinski definition) is 2. The van der Waals surface area contributed by atoms with E-state index in [-0.39, 0.29) is 10.8 Å². The Balaban J connectivity index is 1.94. The fraction of sp³-hybridized carbons (Fsp3) is 0.278. The van der Waals surface area contributed by atoms with E-state index in [1.165, 1.54) is 32.4 Å². The molecule has 1 aliphatic rings. The zero-order valence-electron chi connectivity index (χ0n) is 14.9. The van der Waals surface area contributed by atoms with Gasteiger partial charge in [-0.3, -0.25) is 9.52 Å². The molecule has 2 N–H and O–H groups in total. The maximum Gasteiger partial charge on any atom is 0.262 e. The first-order chi connectivity index (χ1) is 12.2. The van der Waals surface area contributed by atoms with Crippen molar-refractivity contribution in [3.8, 4) is 11.5 Å². The van der Waals surface area contributed by atoms with E-state index in [9.17, 15) is 13.2 Å². The lowest BCUT2D eigenvalue weighted by Gasteiger charge is -2.16. The summed E-state index contributed by atoms with van der Waals surface area (Å²) in [7, 11) is -0.913. The van der Waals surface area contributed by atoms with Crippen molar-refractivity contribution in [1.82, 2.24) is 0 Å². The fourth-order valence-electron chi connectivity index (χ4n) is 2.83. The monoisotopic (exact) mass is 376 g/mol. The van der Waals surface area contributed by atoms with Crippen LogP contribution in [0.25, 0.3) is 0 Å². The Kier molecular flexibility index (Phi) is 4.31. The number of nitrogens with one attached hydrogen (secondary N) is 2. The Morgan fingerprint density at radius 3 is 2.35 bits per heavy atom. The van der Waals surface area contributed by atoms with Crippen molar-refractivity contribution in [2.24, 2.45) is 0 Å². The van der Waals surface area contributed by atoms with Crippen LogP contribution >= 0.6 is 0 Å². The Morgan fingerprint density at radius 2 is 1.69 bits per heavy atom. The highest BCUT2D eigenvalue weighted by atomic mass is 32.2. The summed E-state index contributed by atoms with van der Waals surface area (Å²) < 4.78 is 38.2. The third-order valence-electron chi connectivity index (χ3n) is 4.43. The van der Waals surface area contributed by atoms with Crippen LogP contribution in [0.1, 0.15) is 19.4 Å². The highest BCUT2D eigenvalue weighted by Gasteiger charge is 2.38. The number of sulfonamides is 1. The van der Waals surface area contributed by atoms with Gasteiger partial charge in [-0.05, 0) is 49.7 Å². The van der Waals surface area contributed by atoms with Crippen molar-refractivity contribution in [3.05, 3.63) is 42.0 Å². The molecule has 0 aliphatic carbocycles. The normalized spacial score (nSPS) is 15.2. The molecule has 2 aromatic rings. The van der Waals surface area contributed by atoms with E-state index < -0.39 is 15.4 Å². The smallest absolute Gasteiger partial charge is 0.262 e. The molecule has 0 radical (unpaired) electrons. The second-order valence-corrected chi connectivity index (χ2v) is 8.14. The Hall–Kier alpha value is -2.74. The summed E-state index contributed by atoms with van der Waals surface area (Å²) in [5, 5.41) is 2.79. The van der Waals surface area contributed by atoms with Crippen molar-refractivity contribution < 1.29 is 22.7 Å². The van der Waals surface area contributed by atoms with E-state index in [2.05, 4.69) is 10.0 Å². The largest absolute Gasteiger partial charge is 0.493 e. The van der Waals surface area contributed by atoms with Gasteiger partial charge in [0.2, 0.25) is 5.91 Å². The first-order valence-electron chi connectivity index (χ1n) is 7.90. The number of hydrogen-bond acceptors (Lipinski definition) is 5. The highest BCUT2D eigenvalue weighted by molar-refractivity contribution is 7.92. The first kappa shape index (κ1) is 18.1. The predicted molar refractivity (Wildman–Crippen MR) is 98.5 cm³/mol. The molecule has 0 saturated heterocycles. The van der Waals surface area contributed by atoms with Crippen LogP contribution in [0, 0.1) is 0 Å². The van der Waals surface area contributed by atoms with Gasteiger partial charge in [0.25, 0.3) is 10.0 Å². The van der Waals surface area contributed by atoms with Crippen molar-refractivity contribution in [2.45, 2.75) is 24.2 Å². The van der Waals surface area contributed by atoms with Gasteiger partial charge < -0.3 is 14.8 Å². The molecule has 3 rings (SSSR count). The number of carbonyl (C=O) groups is 1. The van der Waals surface area contributed by atoms with Gasteiger partial charge in [0, 0.05) is 17.4 Å². The molecule has 1 heterocycles. The minimum Gasteiger partial charge on any atom is -0.493 e. The maximum absolute atomic E-state index is 12.7. The van der Waals surface area contributed by atoms with Gasteiger partial charge in [0.1, 0.15) is 0 Å². The second kappa shape index (κ2) is 6.21. The maximum atomic E-state index is 12.7. The van der Waals surface area contributed by atoms with E-state index >= 15 is 0 Å². The number of benzene rings is 2. The van der Waals surface area contributed by atoms with Crippen molar-refractivity contribution >= 4 is 27.3 Å². The predicted octanol–water partition coefficient (Wildman–Crippen LogP) is 2.73. The zero-order valence-corrected chi connectivity index (χ0v) is 15.7. The van der Waals surface area contributed by atoms with Crippen LogP contribution in [0.5, 0.6) is 11.5 Å². The minimum absolute atomic E-state index is 0.0455. The molecule has 1 aliphatic heterocycles. The molecule has 0 bridgehead atoms. The molecule has 2 aromatic carbocycles. The molecular weight excluding hydrogens is 356 g/mol. The van der Waals surface area contributed by atoms with Crippen LogP contribution in [-0.4, -0.2) is 28.5 Å². The van der Waals surface area contributed by atoms with E-state index in [0.29, 0.717) is 22.9 Å². The van der Waals surface area contributed by atoms with Crippen LogP contribution in [0.2, 0.25) is 0 Å². The molecule has 1 amide bonds.